The Kier molecular flexibility index (Phi) is 6.55. The zero-order valence-corrected chi connectivity index (χ0v) is 15.1. The summed E-state index contributed by atoms with van der Waals surface area (Å²) < 4.78 is 5.24. The van der Waals surface area contributed by atoms with Gasteiger partial charge in [0.05, 0.1) is 0 Å². The molecule has 4 nitrogen and oxygen atoms in total. The highest BCUT2D eigenvalue weighted by atomic mass is 32.1. The molecule has 1 N–H and O–H groups in total. The van der Waals surface area contributed by atoms with Crippen LogP contribution in [0, 0.1) is 6.92 Å². The van der Waals surface area contributed by atoms with Crippen LogP contribution in [0.5, 0.6) is 0 Å². The molecule has 0 aliphatic carbocycles. The SMILES string of the molecule is CC[C@H](CNC(=O)[C@@H](C)OC(=O)c1ccc(C)s1)c1ccccc1. The van der Waals surface area contributed by atoms with Crippen molar-refractivity contribution in [3.8, 4) is 0 Å². The van der Waals surface area contributed by atoms with Crippen LogP contribution in [0.3, 0.4) is 0 Å². The number of carbonyl (C=O) groups is 2. The van der Waals surface area contributed by atoms with Gasteiger partial charge in [-0.15, -0.1) is 11.3 Å². The van der Waals surface area contributed by atoms with E-state index in [4.69, 9.17) is 4.74 Å². The summed E-state index contributed by atoms with van der Waals surface area (Å²) in [6, 6.07) is 13.7. The molecule has 1 amide bonds. The Labute approximate surface area is 146 Å². The third-order valence-corrected chi connectivity index (χ3v) is 4.86. The van der Waals surface area contributed by atoms with Crippen LogP contribution in [0.2, 0.25) is 0 Å². The average Bonchev–Trinajstić information content (AvgIpc) is 3.02. The van der Waals surface area contributed by atoms with E-state index >= 15 is 0 Å². The van der Waals surface area contributed by atoms with Crippen LogP contribution in [-0.2, 0) is 9.53 Å². The third-order valence-electron chi connectivity index (χ3n) is 3.88. The third kappa shape index (κ3) is 4.93. The number of aryl methyl sites for hydroxylation is 1. The van der Waals surface area contributed by atoms with Crippen molar-refractivity contribution < 1.29 is 14.3 Å². The monoisotopic (exact) mass is 345 g/mol. The number of hydrogen-bond acceptors (Lipinski definition) is 4. The summed E-state index contributed by atoms with van der Waals surface area (Å²) >= 11 is 1.36. The molecule has 24 heavy (non-hydrogen) atoms. The van der Waals surface area contributed by atoms with Crippen molar-refractivity contribution in [2.24, 2.45) is 0 Å². The molecule has 0 saturated carbocycles. The van der Waals surface area contributed by atoms with Crippen molar-refractivity contribution in [3.05, 3.63) is 57.8 Å². The number of carbonyl (C=O) groups excluding carboxylic acids is 2. The van der Waals surface area contributed by atoms with E-state index in [-0.39, 0.29) is 11.8 Å². The molecule has 2 rings (SSSR count). The van der Waals surface area contributed by atoms with E-state index in [1.807, 2.05) is 31.2 Å². The van der Waals surface area contributed by atoms with Crippen LogP contribution in [0.15, 0.2) is 42.5 Å². The summed E-state index contributed by atoms with van der Waals surface area (Å²) in [5.41, 5.74) is 1.19. The lowest BCUT2D eigenvalue weighted by molar-refractivity contribution is -0.129. The molecule has 0 fully saturated rings. The molecule has 0 aliphatic heterocycles. The maximum atomic E-state index is 12.2. The molecule has 0 aliphatic rings. The predicted octanol–water partition coefficient (Wildman–Crippen LogP) is 3.91. The summed E-state index contributed by atoms with van der Waals surface area (Å²) in [6.45, 7) is 6.13. The van der Waals surface area contributed by atoms with Gasteiger partial charge in [-0.2, -0.15) is 0 Å². The number of amides is 1. The molecule has 0 spiro atoms. The van der Waals surface area contributed by atoms with Crippen molar-refractivity contribution in [2.75, 3.05) is 6.54 Å². The topological polar surface area (TPSA) is 55.4 Å². The van der Waals surface area contributed by atoms with Gasteiger partial charge in [0.15, 0.2) is 6.10 Å². The number of rotatable bonds is 7. The Morgan fingerprint density at radius 3 is 2.46 bits per heavy atom. The van der Waals surface area contributed by atoms with Crippen molar-refractivity contribution in [3.63, 3.8) is 0 Å². The van der Waals surface area contributed by atoms with Crippen LogP contribution in [0.4, 0.5) is 0 Å². The first-order chi connectivity index (χ1) is 11.5. The standard InChI is InChI=1S/C19H23NO3S/c1-4-15(16-8-6-5-7-9-16)12-20-18(21)14(3)23-19(22)17-11-10-13(2)24-17/h5-11,14-15H,4,12H2,1-3H3,(H,20,21)/t14-,15-/m1/s1. The summed E-state index contributed by atoms with van der Waals surface area (Å²) in [5, 5.41) is 2.88. The Hall–Kier alpha value is -2.14. The van der Waals surface area contributed by atoms with E-state index in [9.17, 15) is 9.59 Å². The van der Waals surface area contributed by atoms with Crippen molar-refractivity contribution in [1.82, 2.24) is 5.32 Å². The van der Waals surface area contributed by atoms with Crippen LogP contribution >= 0.6 is 11.3 Å². The van der Waals surface area contributed by atoms with Gasteiger partial charge in [-0.1, -0.05) is 37.3 Å². The molecule has 1 aromatic heterocycles. The average molecular weight is 345 g/mol. The molecular formula is C19H23NO3S. The number of ether oxygens (including phenoxy) is 1. The van der Waals surface area contributed by atoms with Gasteiger partial charge in [0.1, 0.15) is 4.88 Å². The van der Waals surface area contributed by atoms with E-state index in [1.165, 1.54) is 16.9 Å². The van der Waals surface area contributed by atoms with Crippen LogP contribution in [0.1, 0.15) is 46.3 Å². The van der Waals surface area contributed by atoms with E-state index < -0.39 is 12.1 Å². The van der Waals surface area contributed by atoms with Crippen LogP contribution in [0.25, 0.3) is 0 Å². The van der Waals surface area contributed by atoms with Gasteiger partial charge in [-0.25, -0.2) is 4.79 Å². The highest BCUT2D eigenvalue weighted by Gasteiger charge is 2.20. The summed E-state index contributed by atoms with van der Waals surface area (Å²) in [7, 11) is 0. The maximum absolute atomic E-state index is 12.2. The minimum atomic E-state index is -0.812. The zero-order chi connectivity index (χ0) is 17.5. The normalized spacial score (nSPS) is 13.1. The smallest absolute Gasteiger partial charge is 0.349 e. The first-order valence-electron chi connectivity index (χ1n) is 8.11. The van der Waals surface area contributed by atoms with Crippen molar-refractivity contribution in [2.45, 2.75) is 39.2 Å². The molecule has 5 heteroatoms. The fourth-order valence-corrected chi connectivity index (χ4v) is 3.16. The zero-order valence-electron chi connectivity index (χ0n) is 14.2. The molecule has 1 aromatic carbocycles. The molecular weight excluding hydrogens is 322 g/mol. The highest BCUT2D eigenvalue weighted by Crippen LogP contribution is 2.19. The Morgan fingerprint density at radius 1 is 1.17 bits per heavy atom. The Bertz CT molecular complexity index is 681. The number of benzene rings is 1. The first-order valence-corrected chi connectivity index (χ1v) is 8.93. The van der Waals surface area contributed by atoms with Crippen molar-refractivity contribution >= 4 is 23.2 Å². The van der Waals surface area contributed by atoms with E-state index in [0.717, 1.165) is 11.3 Å². The van der Waals surface area contributed by atoms with Crippen LogP contribution in [-0.4, -0.2) is 24.5 Å². The summed E-state index contributed by atoms with van der Waals surface area (Å²) in [6.07, 6.45) is 0.112. The van der Waals surface area contributed by atoms with E-state index in [1.54, 1.807) is 13.0 Å². The minimum Gasteiger partial charge on any atom is -0.448 e. The highest BCUT2D eigenvalue weighted by molar-refractivity contribution is 7.13. The van der Waals surface area contributed by atoms with Gasteiger partial charge in [-0.3, -0.25) is 4.79 Å². The predicted molar refractivity (Wildman–Crippen MR) is 96.4 cm³/mol. The molecule has 0 saturated heterocycles. The summed E-state index contributed by atoms with van der Waals surface area (Å²) in [4.78, 5) is 25.7. The molecule has 0 bridgehead atoms. The second kappa shape index (κ2) is 8.64. The number of hydrogen-bond donors (Lipinski definition) is 1. The second-order valence-electron chi connectivity index (χ2n) is 5.72. The molecule has 1 heterocycles. The molecule has 128 valence electrons. The van der Waals surface area contributed by atoms with Gasteiger partial charge in [0.25, 0.3) is 5.91 Å². The molecule has 0 radical (unpaired) electrons. The summed E-state index contributed by atoms with van der Waals surface area (Å²) in [5.74, 6) is -0.477. The van der Waals surface area contributed by atoms with Gasteiger partial charge in [0.2, 0.25) is 0 Å². The minimum absolute atomic E-state index is 0.248. The fourth-order valence-electron chi connectivity index (χ4n) is 2.41. The maximum Gasteiger partial charge on any atom is 0.349 e. The van der Waals surface area contributed by atoms with Crippen LogP contribution < -0.4 is 5.32 Å². The first kappa shape index (κ1) is 18.2. The van der Waals surface area contributed by atoms with Gasteiger partial charge >= 0.3 is 5.97 Å². The Morgan fingerprint density at radius 2 is 1.88 bits per heavy atom. The number of esters is 1. The molecule has 0 unspecified atom stereocenters. The second-order valence-corrected chi connectivity index (χ2v) is 7.01. The molecule has 2 atom stereocenters. The molecule has 2 aromatic rings. The van der Waals surface area contributed by atoms with E-state index in [2.05, 4.69) is 24.4 Å². The number of thiophene rings is 1. The quantitative estimate of drug-likeness (QED) is 0.774. The fraction of sp³-hybridized carbons (Fsp3) is 0.368. The van der Waals surface area contributed by atoms with Gasteiger partial charge in [0, 0.05) is 17.3 Å². The number of nitrogens with one attached hydrogen (secondary N) is 1. The van der Waals surface area contributed by atoms with E-state index in [0.29, 0.717) is 11.4 Å². The van der Waals surface area contributed by atoms with Crippen molar-refractivity contribution in [1.29, 1.82) is 0 Å². The largest absolute Gasteiger partial charge is 0.448 e. The lowest BCUT2D eigenvalue weighted by Crippen LogP contribution is -2.37. The Balaban J connectivity index is 1.86. The lowest BCUT2D eigenvalue weighted by Gasteiger charge is -2.18. The lowest BCUT2D eigenvalue weighted by atomic mass is 9.96. The van der Waals surface area contributed by atoms with Gasteiger partial charge < -0.3 is 10.1 Å². The van der Waals surface area contributed by atoms with Gasteiger partial charge in [-0.05, 0) is 38.0 Å².